The van der Waals surface area contributed by atoms with Gasteiger partial charge in [-0.15, -0.1) is 0 Å². The van der Waals surface area contributed by atoms with Crippen LogP contribution >= 0.6 is 0 Å². The molecular weight excluding hydrogens is 286 g/mol. The average molecular weight is 299 g/mol. The molecule has 0 fully saturated rings. The normalized spacial score (nSPS) is 11.0. The molecule has 0 aliphatic carbocycles. The van der Waals surface area contributed by atoms with Gasteiger partial charge in [-0.05, 0) is 18.6 Å². The van der Waals surface area contributed by atoms with Gasteiger partial charge in [0.2, 0.25) is 17.0 Å². The summed E-state index contributed by atoms with van der Waals surface area (Å²) in [6.45, 7) is 2.48. The van der Waals surface area contributed by atoms with E-state index >= 15 is 0 Å². The van der Waals surface area contributed by atoms with Crippen molar-refractivity contribution in [2.75, 3.05) is 11.9 Å². The number of rotatable bonds is 4. The molecule has 0 spiro atoms. The Kier molecular flexibility index (Phi) is 3.46. The van der Waals surface area contributed by atoms with Gasteiger partial charge in [0.1, 0.15) is 5.58 Å². The zero-order chi connectivity index (χ0) is 15.7. The van der Waals surface area contributed by atoms with Gasteiger partial charge < -0.3 is 9.73 Å². The highest BCUT2D eigenvalue weighted by Gasteiger charge is 2.20. The summed E-state index contributed by atoms with van der Waals surface area (Å²) in [5, 5.41) is 14.6. The Morgan fingerprint density at radius 1 is 1.32 bits per heavy atom. The minimum absolute atomic E-state index is 0.0907. The van der Waals surface area contributed by atoms with Crippen LogP contribution < -0.4 is 10.7 Å². The minimum Gasteiger partial charge on any atom is -0.437 e. The summed E-state index contributed by atoms with van der Waals surface area (Å²) in [5.41, 5.74) is -0.0614. The first kappa shape index (κ1) is 14.0. The number of hydrogen-bond acceptors (Lipinski definition) is 6. The second-order valence-electron chi connectivity index (χ2n) is 4.82. The number of para-hydroxylation sites is 1. The first-order chi connectivity index (χ1) is 10.6. The smallest absolute Gasteiger partial charge is 0.312 e. The van der Waals surface area contributed by atoms with Gasteiger partial charge in [0.25, 0.3) is 0 Å². The van der Waals surface area contributed by atoms with Gasteiger partial charge in [0.05, 0.1) is 15.7 Å². The van der Waals surface area contributed by atoms with E-state index in [2.05, 4.69) is 10.3 Å². The van der Waals surface area contributed by atoms with Crippen molar-refractivity contribution in [1.82, 2.24) is 4.98 Å². The van der Waals surface area contributed by atoms with Crippen LogP contribution in [0.2, 0.25) is 0 Å². The molecule has 0 unspecified atom stereocenters. The lowest BCUT2D eigenvalue weighted by Gasteiger charge is -2.06. The molecule has 1 N–H and O–H groups in total. The van der Waals surface area contributed by atoms with Crippen LogP contribution in [0.5, 0.6) is 0 Å². The Balaban J connectivity index is 2.34. The molecule has 2 aromatic heterocycles. The minimum atomic E-state index is -0.556. The number of benzene rings is 1. The third kappa shape index (κ3) is 2.26. The molecule has 0 atom stereocenters. The van der Waals surface area contributed by atoms with Crippen LogP contribution in [0.4, 0.5) is 11.5 Å². The maximum absolute atomic E-state index is 12.4. The highest BCUT2D eigenvalue weighted by Crippen LogP contribution is 2.27. The Morgan fingerprint density at radius 2 is 2.09 bits per heavy atom. The third-order valence-corrected chi connectivity index (χ3v) is 3.29. The fourth-order valence-electron chi connectivity index (χ4n) is 2.23. The van der Waals surface area contributed by atoms with Crippen LogP contribution in [0.3, 0.4) is 0 Å². The van der Waals surface area contributed by atoms with Crippen molar-refractivity contribution in [1.29, 1.82) is 0 Å². The number of nitro groups is 1. The fraction of sp³-hybridized carbons (Fsp3) is 0.200. The van der Waals surface area contributed by atoms with Crippen molar-refractivity contribution < 1.29 is 9.34 Å². The Hall–Kier alpha value is -2.96. The van der Waals surface area contributed by atoms with Crippen LogP contribution in [0.25, 0.3) is 22.1 Å². The average Bonchev–Trinajstić information content (AvgIpc) is 2.52. The van der Waals surface area contributed by atoms with E-state index in [1.807, 2.05) is 6.92 Å². The first-order valence-corrected chi connectivity index (χ1v) is 6.86. The highest BCUT2D eigenvalue weighted by molar-refractivity contribution is 5.90. The molecule has 3 rings (SSSR count). The van der Waals surface area contributed by atoms with E-state index in [0.29, 0.717) is 17.5 Å². The monoisotopic (exact) mass is 299 g/mol. The SMILES string of the molecule is CCCNc1nc2oc3ccccc3c(=O)c2cc1[N+](=O)[O-]. The Labute approximate surface area is 124 Å². The predicted octanol–water partition coefficient (Wildman–Crippen LogP) is 3.07. The number of aromatic nitrogens is 1. The van der Waals surface area contributed by atoms with Crippen molar-refractivity contribution in [3.8, 4) is 0 Å². The summed E-state index contributed by atoms with van der Waals surface area (Å²) in [7, 11) is 0. The molecule has 0 aliphatic heterocycles. The molecule has 0 saturated carbocycles. The number of nitrogens with one attached hydrogen (secondary N) is 1. The van der Waals surface area contributed by atoms with E-state index < -0.39 is 4.92 Å². The number of pyridine rings is 1. The van der Waals surface area contributed by atoms with Crippen molar-refractivity contribution in [3.63, 3.8) is 0 Å². The van der Waals surface area contributed by atoms with Gasteiger partial charge in [0, 0.05) is 12.6 Å². The van der Waals surface area contributed by atoms with E-state index in [4.69, 9.17) is 4.42 Å². The number of anilines is 1. The summed E-state index contributed by atoms with van der Waals surface area (Å²) < 4.78 is 5.61. The molecule has 112 valence electrons. The van der Waals surface area contributed by atoms with Crippen LogP contribution in [0.15, 0.2) is 39.5 Å². The summed E-state index contributed by atoms with van der Waals surface area (Å²) in [5.74, 6) is 0.109. The zero-order valence-corrected chi connectivity index (χ0v) is 11.8. The quantitative estimate of drug-likeness (QED) is 0.451. The van der Waals surface area contributed by atoms with Crippen LogP contribution in [-0.2, 0) is 0 Å². The standard InChI is InChI=1S/C15H13N3O4/c1-2-7-16-14-11(18(20)21)8-10-13(19)9-5-3-4-6-12(9)22-15(10)17-14/h3-6,8H,2,7H2,1H3,(H,16,17). The van der Waals surface area contributed by atoms with Gasteiger partial charge in [-0.3, -0.25) is 14.9 Å². The lowest BCUT2D eigenvalue weighted by molar-refractivity contribution is -0.384. The molecule has 2 heterocycles. The lowest BCUT2D eigenvalue weighted by Crippen LogP contribution is -2.09. The van der Waals surface area contributed by atoms with Crippen LogP contribution in [0, 0.1) is 10.1 Å². The molecule has 7 heteroatoms. The largest absolute Gasteiger partial charge is 0.437 e. The molecule has 22 heavy (non-hydrogen) atoms. The van der Waals surface area contributed by atoms with Gasteiger partial charge in [-0.1, -0.05) is 19.1 Å². The Bertz CT molecular complexity index is 933. The van der Waals surface area contributed by atoms with Crippen LogP contribution in [-0.4, -0.2) is 16.5 Å². The van der Waals surface area contributed by atoms with E-state index in [-0.39, 0.29) is 28.0 Å². The van der Waals surface area contributed by atoms with Gasteiger partial charge in [-0.25, -0.2) is 0 Å². The maximum atomic E-state index is 12.4. The second-order valence-corrected chi connectivity index (χ2v) is 4.82. The molecule has 0 amide bonds. The van der Waals surface area contributed by atoms with Gasteiger partial charge in [-0.2, -0.15) is 4.98 Å². The fourth-order valence-corrected chi connectivity index (χ4v) is 2.23. The highest BCUT2D eigenvalue weighted by atomic mass is 16.6. The van der Waals surface area contributed by atoms with Crippen molar-refractivity contribution >= 4 is 33.6 Å². The molecule has 7 nitrogen and oxygen atoms in total. The topological polar surface area (TPSA) is 98.3 Å². The number of hydrogen-bond donors (Lipinski definition) is 1. The van der Waals surface area contributed by atoms with Gasteiger partial charge >= 0.3 is 5.69 Å². The predicted molar refractivity (Wildman–Crippen MR) is 83.2 cm³/mol. The summed E-state index contributed by atoms with van der Waals surface area (Å²) in [4.78, 5) is 27.2. The van der Waals surface area contributed by atoms with Gasteiger partial charge in [0.15, 0.2) is 0 Å². The zero-order valence-electron chi connectivity index (χ0n) is 11.8. The summed E-state index contributed by atoms with van der Waals surface area (Å²) in [6.07, 6.45) is 0.790. The van der Waals surface area contributed by atoms with Crippen molar-refractivity contribution in [2.45, 2.75) is 13.3 Å². The maximum Gasteiger partial charge on any atom is 0.312 e. The number of nitrogens with zero attached hydrogens (tertiary/aromatic N) is 2. The van der Waals surface area contributed by atoms with E-state index in [1.54, 1.807) is 24.3 Å². The molecule has 0 saturated heterocycles. The second kappa shape index (κ2) is 5.44. The molecule has 1 aromatic carbocycles. The number of fused-ring (bicyclic) bond motifs is 2. The molecule has 3 aromatic rings. The van der Waals surface area contributed by atoms with E-state index in [9.17, 15) is 14.9 Å². The first-order valence-electron chi connectivity index (χ1n) is 6.86. The summed E-state index contributed by atoms with van der Waals surface area (Å²) in [6, 6.07) is 7.97. The molecule has 0 radical (unpaired) electrons. The molecule has 0 aliphatic rings. The molecular formula is C15H13N3O4. The Morgan fingerprint density at radius 3 is 2.82 bits per heavy atom. The summed E-state index contributed by atoms with van der Waals surface area (Å²) >= 11 is 0. The van der Waals surface area contributed by atoms with Crippen molar-refractivity contribution in [2.24, 2.45) is 0 Å². The van der Waals surface area contributed by atoms with Crippen molar-refractivity contribution in [3.05, 3.63) is 50.7 Å². The van der Waals surface area contributed by atoms with E-state index in [0.717, 1.165) is 6.42 Å². The lowest BCUT2D eigenvalue weighted by atomic mass is 10.2. The third-order valence-electron chi connectivity index (χ3n) is 3.29. The van der Waals surface area contributed by atoms with Crippen LogP contribution in [0.1, 0.15) is 13.3 Å². The molecule has 0 bridgehead atoms. The van der Waals surface area contributed by atoms with E-state index in [1.165, 1.54) is 6.07 Å².